The fourth-order valence-electron chi connectivity index (χ4n) is 4.41. The molecule has 1 fully saturated rings. The van der Waals surface area contributed by atoms with Gasteiger partial charge in [0.05, 0.1) is 5.56 Å². The van der Waals surface area contributed by atoms with E-state index in [0.717, 1.165) is 3.57 Å². The van der Waals surface area contributed by atoms with Crippen molar-refractivity contribution >= 4 is 44.4 Å². The summed E-state index contributed by atoms with van der Waals surface area (Å²) < 4.78 is 8.11. The molecule has 3 rings (SSSR count). The topological polar surface area (TPSA) is 62.1 Å². The molecule has 1 aliphatic carbocycles. The number of amides is 1. The Hall–Kier alpha value is -1.59. The van der Waals surface area contributed by atoms with Crippen LogP contribution >= 0.6 is 38.5 Å². The Bertz CT molecular complexity index is 932. The normalized spacial score (nSPS) is 21.9. The average Bonchev–Trinajstić information content (AvgIpc) is 2.64. The molecule has 2 aromatic carbocycles. The third-order valence-corrected chi connectivity index (χ3v) is 6.91. The Kier molecular flexibility index (Phi) is 5.79. The molecule has 0 aliphatic heterocycles. The first kappa shape index (κ1) is 21.1. The van der Waals surface area contributed by atoms with Gasteiger partial charge in [0, 0.05) is 30.5 Å². The summed E-state index contributed by atoms with van der Waals surface area (Å²) in [5.41, 5.74) is 0.736. The lowest BCUT2D eigenvalue weighted by Gasteiger charge is -2.63. The number of rotatable bonds is 4. The summed E-state index contributed by atoms with van der Waals surface area (Å²) in [6.45, 7) is 8.45. The highest BCUT2D eigenvalue weighted by molar-refractivity contribution is 14.1. The first-order valence-corrected chi connectivity index (χ1v) is 10.9. The van der Waals surface area contributed by atoms with E-state index in [1.807, 2.05) is 36.4 Å². The van der Waals surface area contributed by atoms with Crippen LogP contribution in [0.15, 0.2) is 46.9 Å². The van der Waals surface area contributed by atoms with Crippen LogP contribution in [0.2, 0.25) is 0 Å². The van der Waals surface area contributed by atoms with Gasteiger partial charge in [0.25, 0.3) is 5.91 Å². The number of nitrogens with one attached hydrogen (secondary N) is 1. The van der Waals surface area contributed by atoms with Crippen LogP contribution in [-0.2, 0) is 0 Å². The molecule has 0 saturated heterocycles. The molecule has 0 atom stereocenters. The molecule has 146 valence electrons. The van der Waals surface area contributed by atoms with Crippen molar-refractivity contribution < 1.29 is 9.53 Å². The molecule has 0 aromatic heterocycles. The second kappa shape index (κ2) is 7.68. The summed E-state index contributed by atoms with van der Waals surface area (Å²) in [6, 6.07) is 15.0. The van der Waals surface area contributed by atoms with E-state index in [2.05, 4.69) is 77.6 Å². The summed E-state index contributed by atoms with van der Waals surface area (Å²) in [4.78, 5) is 12.7. The van der Waals surface area contributed by atoms with Crippen LogP contribution in [-0.4, -0.2) is 18.1 Å². The van der Waals surface area contributed by atoms with Crippen LogP contribution in [0.5, 0.6) is 5.75 Å². The minimum atomic E-state index is -0.247. The highest BCUT2D eigenvalue weighted by Gasteiger charge is 2.64. The predicted octanol–water partition coefficient (Wildman–Crippen LogP) is 5.54. The molecule has 2 aromatic rings. The zero-order chi connectivity index (χ0) is 20.7. The molecule has 1 aliphatic rings. The van der Waals surface area contributed by atoms with Gasteiger partial charge < -0.3 is 10.1 Å². The Balaban J connectivity index is 1.76. The van der Waals surface area contributed by atoms with Crippen molar-refractivity contribution in [1.29, 1.82) is 5.26 Å². The number of carbonyl (C=O) groups excluding carboxylic acids is 1. The molecule has 0 radical (unpaired) electrons. The van der Waals surface area contributed by atoms with Gasteiger partial charge >= 0.3 is 0 Å². The second-order valence-corrected chi connectivity index (χ2v) is 10.4. The number of nitrogens with zero attached hydrogens (tertiary/aromatic N) is 1. The first-order chi connectivity index (χ1) is 13.1. The first-order valence-electron chi connectivity index (χ1n) is 9.00. The third-order valence-electron chi connectivity index (χ3n) is 5.54. The second-order valence-electron chi connectivity index (χ2n) is 8.31. The monoisotopic (exact) mass is 552 g/mol. The zero-order valence-corrected chi connectivity index (χ0v) is 20.0. The average molecular weight is 553 g/mol. The van der Waals surface area contributed by atoms with Gasteiger partial charge in [-0.15, -0.1) is 0 Å². The zero-order valence-electron chi connectivity index (χ0n) is 16.2. The maximum atomic E-state index is 12.7. The molecule has 1 N–H and O–H groups in total. The van der Waals surface area contributed by atoms with E-state index < -0.39 is 0 Å². The Morgan fingerprint density at radius 2 is 1.75 bits per heavy atom. The van der Waals surface area contributed by atoms with Gasteiger partial charge in [-0.05, 0) is 81.0 Å². The van der Waals surface area contributed by atoms with Gasteiger partial charge in [-0.25, -0.2) is 0 Å². The van der Waals surface area contributed by atoms with Crippen molar-refractivity contribution in [3.05, 3.63) is 61.6 Å². The van der Waals surface area contributed by atoms with Crippen LogP contribution < -0.4 is 10.1 Å². The van der Waals surface area contributed by atoms with Gasteiger partial charge in [0.15, 0.2) is 0 Å². The summed E-state index contributed by atoms with van der Waals surface area (Å²) >= 11 is 5.63. The van der Waals surface area contributed by atoms with E-state index in [0.29, 0.717) is 21.3 Å². The molecular formula is C22H22BrIN2O2. The van der Waals surface area contributed by atoms with E-state index in [1.165, 1.54) is 0 Å². The number of ether oxygens (including phenoxy) is 1. The van der Waals surface area contributed by atoms with Crippen LogP contribution in [0.1, 0.15) is 43.6 Å². The smallest absolute Gasteiger partial charge is 0.251 e. The number of nitriles is 1. The predicted molar refractivity (Wildman–Crippen MR) is 121 cm³/mol. The molecule has 4 nitrogen and oxygen atoms in total. The summed E-state index contributed by atoms with van der Waals surface area (Å²) in [5.74, 6) is 0.640. The maximum absolute atomic E-state index is 12.7. The fourth-order valence-corrected chi connectivity index (χ4v) is 5.22. The van der Waals surface area contributed by atoms with Crippen molar-refractivity contribution in [2.45, 2.75) is 39.8 Å². The summed E-state index contributed by atoms with van der Waals surface area (Å²) in [7, 11) is 0. The molecule has 0 bridgehead atoms. The van der Waals surface area contributed by atoms with Crippen molar-refractivity contribution in [1.82, 2.24) is 5.32 Å². The third kappa shape index (κ3) is 3.79. The van der Waals surface area contributed by atoms with E-state index in [-0.39, 0.29) is 28.9 Å². The quantitative estimate of drug-likeness (QED) is 0.507. The Morgan fingerprint density at radius 1 is 1.14 bits per heavy atom. The van der Waals surface area contributed by atoms with Crippen molar-refractivity contribution in [3.63, 3.8) is 0 Å². The molecule has 0 spiro atoms. The minimum Gasteiger partial charge on any atom is -0.489 e. The number of hydrogen-bond acceptors (Lipinski definition) is 3. The molecule has 28 heavy (non-hydrogen) atoms. The van der Waals surface area contributed by atoms with Crippen LogP contribution in [0, 0.1) is 25.7 Å². The van der Waals surface area contributed by atoms with Gasteiger partial charge in [-0.3, -0.25) is 4.79 Å². The molecule has 0 heterocycles. The van der Waals surface area contributed by atoms with Crippen LogP contribution in [0.4, 0.5) is 0 Å². The largest absolute Gasteiger partial charge is 0.489 e. The van der Waals surface area contributed by atoms with Gasteiger partial charge in [-0.1, -0.05) is 27.7 Å². The van der Waals surface area contributed by atoms with Crippen molar-refractivity contribution in [3.8, 4) is 11.8 Å². The molecule has 0 unspecified atom stereocenters. The van der Waals surface area contributed by atoms with E-state index in [9.17, 15) is 4.79 Å². The molecule has 1 saturated carbocycles. The molecular weight excluding hydrogens is 531 g/mol. The van der Waals surface area contributed by atoms with Crippen LogP contribution in [0.3, 0.4) is 0 Å². The van der Waals surface area contributed by atoms with E-state index in [4.69, 9.17) is 10.00 Å². The van der Waals surface area contributed by atoms with Gasteiger partial charge in [0.2, 0.25) is 0 Å². The lowest BCUT2D eigenvalue weighted by atomic mass is 9.49. The summed E-state index contributed by atoms with van der Waals surface area (Å²) in [5, 5.41) is 12.3. The lowest BCUT2D eigenvalue weighted by molar-refractivity contribution is -0.164. The highest BCUT2D eigenvalue weighted by atomic mass is 127. The number of halogens is 2. The van der Waals surface area contributed by atoms with E-state index >= 15 is 0 Å². The minimum absolute atomic E-state index is 0.0291. The van der Waals surface area contributed by atoms with Gasteiger partial charge in [-0.2, -0.15) is 5.26 Å². The Labute approximate surface area is 187 Å². The standard InChI is InChI=1S/C22H22BrIN2O2/c1-21(2)19(26-18(27)13-5-8-15(24)9-6-13)22(3,4)20(21)28-16-10-7-14(12-25)17(23)11-16/h5-11,19-20H,1-4H3,(H,26,27). The summed E-state index contributed by atoms with van der Waals surface area (Å²) in [6.07, 6.45) is -0.0816. The molecule has 1 amide bonds. The van der Waals surface area contributed by atoms with Crippen LogP contribution in [0.25, 0.3) is 0 Å². The lowest BCUT2D eigenvalue weighted by Crippen LogP contribution is -2.74. The Morgan fingerprint density at radius 3 is 2.29 bits per heavy atom. The van der Waals surface area contributed by atoms with E-state index in [1.54, 1.807) is 6.07 Å². The fraction of sp³-hybridized carbons (Fsp3) is 0.364. The maximum Gasteiger partial charge on any atom is 0.251 e. The van der Waals surface area contributed by atoms with Crippen molar-refractivity contribution in [2.75, 3.05) is 0 Å². The highest BCUT2D eigenvalue weighted by Crippen LogP contribution is 2.55. The van der Waals surface area contributed by atoms with Gasteiger partial charge in [0.1, 0.15) is 17.9 Å². The van der Waals surface area contributed by atoms with Crippen molar-refractivity contribution in [2.24, 2.45) is 10.8 Å². The number of benzene rings is 2. The number of hydrogen-bond donors (Lipinski definition) is 1. The number of carbonyl (C=O) groups is 1. The SMILES string of the molecule is CC1(C)C(NC(=O)c2ccc(I)cc2)C(C)(C)C1Oc1ccc(C#N)c(Br)c1. The molecule has 6 heteroatoms.